The van der Waals surface area contributed by atoms with Crippen molar-refractivity contribution in [2.24, 2.45) is 0 Å². The normalized spacial score (nSPS) is 22.8. The number of ether oxygens (including phenoxy) is 1. The Labute approximate surface area is 95.5 Å². The van der Waals surface area contributed by atoms with Gasteiger partial charge in [0.2, 0.25) is 9.04 Å². The first-order valence-electron chi connectivity index (χ1n) is 3.49. The van der Waals surface area contributed by atoms with E-state index in [4.69, 9.17) is 51.1 Å². The van der Waals surface area contributed by atoms with Gasteiger partial charge in [0.25, 0.3) is 0 Å². The van der Waals surface area contributed by atoms with Crippen LogP contribution >= 0.6 is 46.4 Å². The zero-order valence-corrected chi connectivity index (χ0v) is 9.25. The minimum atomic E-state index is -1.46. The highest BCUT2D eigenvalue weighted by atomic mass is 35.5. The molecule has 1 aromatic carbocycles. The fourth-order valence-corrected chi connectivity index (χ4v) is 2.54. The van der Waals surface area contributed by atoms with Crippen molar-refractivity contribution in [2.75, 3.05) is 0 Å². The fourth-order valence-electron chi connectivity index (χ4n) is 1.26. The lowest BCUT2D eigenvalue weighted by Crippen LogP contribution is -2.13. The standard InChI is InChI=1S/C8H4Cl4O/c9-7(10)5-3-1-2-4-6(5)8(11,12)13-7/h1-4H. The summed E-state index contributed by atoms with van der Waals surface area (Å²) in [6.07, 6.45) is 0. The van der Waals surface area contributed by atoms with Crippen LogP contribution in [-0.2, 0) is 13.8 Å². The molecule has 0 unspecified atom stereocenters. The van der Waals surface area contributed by atoms with Crippen molar-refractivity contribution in [3.05, 3.63) is 35.4 Å². The number of halogens is 4. The summed E-state index contributed by atoms with van der Waals surface area (Å²) < 4.78 is 2.15. The average Bonchev–Trinajstić information content (AvgIpc) is 2.20. The molecule has 0 saturated carbocycles. The summed E-state index contributed by atoms with van der Waals surface area (Å²) in [4.78, 5) is 0. The molecule has 0 N–H and O–H groups in total. The Morgan fingerprint density at radius 2 is 1.23 bits per heavy atom. The molecule has 0 radical (unpaired) electrons. The lowest BCUT2D eigenvalue weighted by Gasteiger charge is -2.16. The van der Waals surface area contributed by atoms with Gasteiger partial charge >= 0.3 is 0 Å². The molecule has 1 heterocycles. The molecule has 0 atom stereocenters. The summed E-state index contributed by atoms with van der Waals surface area (Å²) in [5.41, 5.74) is 1.17. The molecule has 1 aliphatic heterocycles. The summed E-state index contributed by atoms with van der Waals surface area (Å²) in [6.45, 7) is 0. The first kappa shape index (κ1) is 9.88. The summed E-state index contributed by atoms with van der Waals surface area (Å²) >= 11 is 23.4. The van der Waals surface area contributed by atoms with Crippen molar-refractivity contribution < 1.29 is 4.74 Å². The number of rotatable bonds is 0. The van der Waals surface area contributed by atoms with E-state index >= 15 is 0 Å². The van der Waals surface area contributed by atoms with Gasteiger partial charge in [0.05, 0.1) is 0 Å². The molecule has 0 aromatic heterocycles. The summed E-state index contributed by atoms with van der Waals surface area (Å²) in [5, 5.41) is 0. The second-order valence-electron chi connectivity index (χ2n) is 2.68. The number of hydrogen-bond acceptors (Lipinski definition) is 1. The van der Waals surface area contributed by atoms with Crippen LogP contribution in [0.25, 0.3) is 0 Å². The van der Waals surface area contributed by atoms with Gasteiger partial charge in [-0.15, -0.1) is 0 Å². The molecular formula is C8H4Cl4O. The van der Waals surface area contributed by atoms with Gasteiger partial charge in [-0.3, -0.25) is 0 Å². The van der Waals surface area contributed by atoms with Crippen molar-refractivity contribution in [3.63, 3.8) is 0 Å². The van der Waals surface area contributed by atoms with Crippen LogP contribution in [0.3, 0.4) is 0 Å². The largest absolute Gasteiger partial charge is 0.302 e. The molecule has 13 heavy (non-hydrogen) atoms. The molecule has 0 bridgehead atoms. The topological polar surface area (TPSA) is 9.23 Å². The second kappa shape index (κ2) is 2.91. The molecule has 1 aliphatic rings. The van der Waals surface area contributed by atoms with Crippen LogP contribution < -0.4 is 0 Å². The highest BCUT2D eigenvalue weighted by molar-refractivity contribution is 6.51. The third-order valence-corrected chi connectivity index (χ3v) is 2.93. The molecule has 0 saturated heterocycles. The van der Waals surface area contributed by atoms with Crippen molar-refractivity contribution in [3.8, 4) is 0 Å². The molecule has 0 aliphatic carbocycles. The van der Waals surface area contributed by atoms with E-state index in [0.29, 0.717) is 11.1 Å². The van der Waals surface area contributed by atoms with E-state index in [1.807, 2.05) is 0 Å². The van der Waals surface area contributed by atoms with Gasteiger partial charge in [0.1, 0.15) is 0 Å². The Morgan fingerprint density at radius 1 is 0.846 bits per heavy atom. The number of benzene rings is 1. The minimum absolute atomic E-state index is 0.586. The predicted molar refractivity (Wildman–Crippen MR) is 54.3 cm³/mol. The molecule has 0 amide bonds. The molecular weight excluding hydrogens is 254 g/mol. The lowest BCUT2D eigenvalue weighted by molar-refractivity contribution is 0.0518. The molecule has 70 valence electrons. The van der Waals surface area contributed by atoms with E-state index < -0.39 is 9.04 Å². The predicted octanol–water partition coefficient (Wildman–Crippen LogP) is 3.89. The van der Waals surface area contributed by atoms with E-state index in [1.54, 1.807) is 24.3 Å². The Kier molecular flexibility index (Phi) is 2.21. The Hall–Kier alpha value is 0.340. The maximum atomic E-state index is 5.86. The van der Waals surface area contributed by atoms with Gasteiger partial charge in [0.15, 0.2) is 0 Å². The number of fused-ring (bicyclic) bond motifs is 1. The van der Waals surface area contributed by atoms with Gasteiger partial charge in [0, 0.05) is 11.1 Å². The van der Waals surface area contributed by atoms with Crippen molar-refractivity contribution in [1.29, 1.82) is 0 Å². The third kappa shape index (κ3) is 1.53. The van der Waals surface area contributed by atoms with Crippen LogP contribution in [0.5, 0.6) is 0 Å². The smallest absolute Gasteiger partial charge is 0.247 e. The maximum Gasteiger partial charge on any atom is 0.247 e. The Bertz CT molecular complexity index is 315. The highest BCUT2D eigenvalue weighted by Crippen LogP contribution is 2.55. The van der Waals surface area contributed by atoms with E-state index in [2.05, 4.69) is 0 Å². The van der Waals surface area contributed by atoms with Gasteiger partial charge in [-0.1, -0.05) is 70.7 Å². The maximum absolute atomic E-state index is 5.86. The Morgan fingerprint density at radius 3 is 1.62 bits per heavy atom. The molecule has 0 spiro atoms. The zero-order chi connectivity index (χ0) is 9.69. The third-order valence-electron chi connectivity index (χ3n) is 1.81. The fraction of sp³-hybridized carbons (Fsp3) is 0.250. The average molecular weight is 258 g/mol. The van der Waals surface area contributed by atoms with Crippen LogP contribution in [0.2, 0.25) is 0 Å². The van der Waals surface area contributed by atoms with Crippen LogP contribution in [0.1, 0.15) is 11.1 Å². The molecule has 0 fully saturated rings. The van der Waals surface area contributed by atoms with Gasteiger partial charge < -0.3 is 4.74 Å². The minimum Gasteiger partial charge on any atom is -0.302 e. The van der Waals surface area contributed by atoms with Crippen molar-refractivity contribution in [2.45, 2.75) is 9.04 Å². The van der Waals surface area contributed by atoms with E-state index in [-0.39, 0.29) is 0 Å². The molecule has 2 rings (SSSR count). The lowest BCUT2D eigenvalue weighted by atomic mass is 10.1. The van der Waals surface area contributed by atoms with Crippen LogP contribution in [0, 0.1) is 0 Å². The van der Waals surface area contributed by atoms with Crippen molar-refractivity contribution in [1.82, 2.24) is 0 Å². The van der Waals surface area contributed by atoms with Crippen molar-refractivity contribution >= 4 is 46.4 Å². The van der Waals surface area contributed by atoms with Crippen LogP contribution in [0.4, 0.5) is 0 Å². The second-order valence-corrected chi connectivity index (χ2v) is 5.20. The van der Waals surface area contributed by atoms with E-state index in [1.165, 1.54) is 0 Å². The molecule has 1 nitrogen and oxygen atoms in total. The SMILES string of the molecule is ClC1(Cl)OC(Cl)(Cl)c2ccccc21. The molecule has 1 aromatic rings. The first-order chi connectivity index (χ1) is 5.93. The Balaban J connectivity index is 2.64. The van der Waals surface area contributed by atoms with Gasteiger partial charge in [-0.2, -0.15) is 0 Å². The summed E-state index contributed by atoms with van der Waals surface area (Å²) in [7, 11) is 0. The quantitative estimate of drug-likeness (QED) is 0.641. The summed E-state index contributed by atoms with van der Waals surface area (Å²) in [5.74, 6) is 0. The molecule has 5 heteroatoms. The monoisotopic (exact) mass is 256 g/mol. The zero-order valence-electron chi connectivity index (χ0n) is 6.23. The van der Waals surface area contributed by atoms with E-state index in [0.717, 1.165) is 0 Å². The number of hydrogen-bond donors (Lipinski definition) is 0. The van der Waals surface area contributed by atoms with Gasteiger partial charge in [-0.25, -0.2) is 0 Å². The van der Waals surface area contributed by atoms with Crippen LogP contribution in [-0.4, -0.2) is 0 Å². The van der Waals surface area contributed by atoms with Crippen LogP contribution in [0.15, 0.2) is 24.3 Å². The van der Waals surface area contributed by atoms with Gasteiger partial charge in [-0.05, 0) is 0 Å². The highest BCUT2D eigenvalue weighted by Gasteiger charge is 2.50. The van der Waals surface area contributed by atoms with E-state index in [9.17, 15) is 0 Å². The number of alkyl halides is 4. The first-order valence-corrected chi connectivity index (χ1v) is 5.00. The summed E-state index contributed by atoms with van der Waals surface area (Å²) in [6, 6.07) is 7.03.